The van der Waals surface area contributed by atoms with Gasteiger partial charge in [0.05, 0.1) is 5.56 Å². The fraction of sp³-hybridized carbons (Fsp3) is 0.545. The smallest absolute Gasteiger partial charge is 0.259 e. The van der Waals surface area contributed by atoms with Gasteiger partial charge in [0.15, 0.2) is 0 Å². The molecule has 0 aromatic carbocycles. The van der Waals surface area contributed by atoms with Crippen LogP contribution in [0.2, 0.25) is 0 Å². The van der Waals surface area contributed by atoms with Crippen LogP contribution in [0.1, 0.15) is 24.2 Å². The SMILES string of the molecule is CC1CN(C)CC1c1ncc(C=N)c(=O)[nH]1. The van der Waals surface area contributed by atoms with Crippen molar-refractivity contribution in [2.24, 2.45) is 5.92 Å². The molecular weight excluding hydrogens is 204 g/mol. The maximum Gasteiger partial charge on any atom is 0.259 e. The molecule has 2 unspecified atom stereocenters. The van der Waals surface area contributed by atoms with Gasteiger partial charge in [0.1, 0.15) is 5.82 Å². The van der Waals surface area contributed by atoms with Crippen LogP contribution in [0.15, 0.2) is 11.0 Å². The van der Waals surface area contributed by atoms with Gasteiger partial charge in [-0.1, -0.05) is 6.92 Å². The van der Waals surface area contributed by atoms with Crippen molar-refractivity contribution < 1.29 is 0 Å². The van der Waals surface area contributed by atoms with E-state index in [1.165, 1.54) is 6.20 Å². The van der Waals surface area contributed by atoms with E-state index in [0.717, 1.165) is 25.1 Å². The Morgan fingerprint density at radius 3 is 2.88 bits per heavy atom. The quantitative estimate of drug-likeness (QED) is 0.710. The highest BCUT2D eigenvalue weighted by Gasteiger charge is 2.30. The largest absolute Gasteiger partial charge is 0.310 e. The molecule has 0 bridgehead atoms. The molecule has 2 heterocycles. The van der Waals surface area contributed by atoms with Crippen LogP contribution in [-0.2, 0) is 0 Å². The number of nitrogens with one attached hydrogen (secondary N) is 2. The number of hydrogen-bond donors (Lipinski definition) is 2. The lowest BCUT2D eigenvalue weighted by molar-refractivity contribution is 0.400. The van der Waals surface area contributed by atoms with Crippen molar-refractivity contribution in [3.8, 4) is 0 Å². The zero-order chi connectivity index (χ0) is 11.7. The molecule has 2 atom stereocenters. The van der Waals surface area contributed by atoms with Crippen LogP contribution in [0, 0.1) is 11.3 Å². The van der Waals surface area contributed by atoms with Gasteiger partial charge >= 0.3 is 0 Å². The van der Waals surface area contributed by atoms with E-state index < -0.39 is 0 Å². The Morgan fingerprint density at radius 1 is 1.62 bits per heavy atom. The fourth-order valence-electron chi connectivity index (χ4n) is 2.27. The summed E-state index contributed by atoms with van der Waals surface area (Å²) in [5.41, 5.74) is 0.0875. The standard InChI is InChI=1S/C11H16N4O/c1-7-5-15(2)6-9(7)10-13-4-8(3-12)11(16)14-10/h3-4,7,9,12H,5-6H2,1-2H3,(H,13,14,16). The minimum Gasteiger partial charge on any atom is -0.310 e. The van der Waals surface area contributed by atoms with Crippen LogP contribution < -0.4 is 5.56 Å². The highest BCUT2D eigenvalue weighted by Crippen LogP contribution is 2.28. The molecule has 5 heteroatoms. The maximum absolute atomic E-state index is 11.6. The predicted molar refractivity (Wildman–Crippen MR) is 62.1 cm³/mol. The first kappa shape index (κ1) is 11.0. The molecule has 0 radical (unpaired) electrons. The summed E-state index contributed by atoms with van der Waals surface area (Å²) in [4.78, 5) is 20.8. The number of H-pyrrole nitrogens is 1. The van der Waals surface area contributed by atoms with Crippen molar-refractivity contribution >= 4 is 6.21 Å². The molecule has 1 aliphatic heterocycles. The van der Waals surface area contributed by atoms with Crippen LogP contribution in [0.5, 0.6) is 0 Å². The predicted octanol–water partition coefficient (Wildman–Crippen LogP) is 0.433. The zero-order valence-electron chi connectivity index (χ0n) is 9.53. The highest BCUT2D eigenvalue weighted by molar-refractivity contribution is 5.75. The number of likely N-dealkylation sites (tertiary alicyclic amines) is 1. The number of likely N-dealkylation sites (N-methyl/N-ethyl adjacent to an activating group) is 1. The van der Waals surface area contributed by atoms with Crippen molar-refractivity contribution in [2.75, 3.05) is 20.1 Å². The number of rotatable bonds is 2. The number of aromatic nitrogens is 2. The molecule has 0 amide bonds. The van der Waals surface area contributed by atoms with Gasteiger partial charge in [0.2, 0.25) is 0 Å². The first-order valence-electron chi connectivity index (χ1n) is 5.40. The zero-order valence-corrected chi connectivity index (χ0v) is 9.53. The molecule has 16 heavy (non-hydrogen) atoms. The topological polar surface area (TPSA) is 72.8 Å². The Morgan fingerprint density at radius 2 is 2.38 bits per heavy atom. The summed E-state index contributed by atoms with van der Waals surface area (Å²) in [6, 6.07) is 0. The third kappa shape index (κ3) is 1.90. The molecule has 1 fully saturated rings. The molecule has 2 rings (SSSR count). The molecule has 1 aliphatic rings. The Hall–Kier alpha value is -1.49. The summed E-state index contributed by atoms with van der Waals surface area (Å²) >= 11 is 0. The molecule has 1 saturated heterocycles. The molecule has 1 aromatic heterocycles. The first-order valence-corrected chi connectivity index (χ1v) is 5.40. The lowest BCUT2D eigenvalue weighted by atomic mass is 9.97. The van der Waals surface area contributed by atoms with Crippen molar-refractivity contribution in [1.82, 2.24) is 14.9 Å². The first-order chi connectivity index (χ1) is 7.61. The molecule has 0 spiro atoms. The van der Waals surface area contributed by atoms with Crippen LogP contribution in [0.25, 0.3) is 0 Å². The Balaban J connectivity index is 2.31. The van der Waals surface area contributed by atoms with E-state index in [2.05, 4.69) is 28.8 Å². The van der Waals surface area contributed by atoms with E-state index in [0.29, 0.717) is 11.5 Å². The van der Waals surface area contributed by atoms with Crippen LogP contribution >= 0.6 is 0 Å². The van der Waals surface area contributed by atoms with Crippen molar-refractivity contribution in [3.63, 3.8) is 0 Å². The summed E-state index contributed by atoms with van der Waals surface area (Å²) in [7, 11) is 2.07. The molecule has 1 aromatic rings. The van der Waals surface area contributed by atoms with Gasteiger partial charge in [-0.05, 0) is 13.0 Å². The Kier molecular flexibility index (Phi) is 2.87. The third-order valence-corrected chi connectivity index (χ3v) is 3.15. The lowest BCUT2D eigenvalue weighted by Gasteiger charge is -2.12. The van der Waals surface area contributed by atoms with E-state index in [9.17, 15) is 4.79 Å². The van der Waals surface area contributed by atoms with E-state index in [4.69, 9.17) is 5.41 Å². The summed E-state index contributed by atoms with van der Waals surface area (Å²) < 4.78 is 0. The van der Waals surface area contributed by atoms with Gasteiger partial charge in [-0.25, -0.2) is 4.98 Å². The molecule has 0 saturated carbocycles. The van der Waals surface area contributed by atoms with E-state index in [1.807, 2.05) is 0 Å². The number of hydrogen-bond acceptors (Lipinski definition) is 4. The van der Waals surface area contributed by atoms with Crippen molar-refractivity contribution in [3.05, 3.63) is 27.9 Å². The Labute approximate surface area is 94.0 Å². The van der Waals surface area contributed by atoms with Crippen LogP contribution in [0.3, 0.4) is 0 Å². The van der Waals surface area contributed by atoms with Gasteiger partial charge in [-0.3, -0.25) is 4.79 Å². The second-order valence-electron chi connectivity index (χ2n) is 4.50. The number of aromatic amines is 1. The number of nitrogens with zero attached hydrogens (tertiary/aromatic N) is 2. The van der Waals surface area contributed by atoms with Gasteiger partial charge in [0.25, 0.3) is 5.56 Å². The molecular formula is C11H16N4O. The van der Waals surface area contributed by atoms with Gasteiger partial charge in [0, 0.05) is 31.4 Å². The minimum atomic E-state index is -0.221. The summed E-state index contributed by atoms with van der Waals surface area (Å²) in [6.07, 6.45) is 2.51. The second kappa shape index (κ2) is 4.17. The van der Waals surface area contributed by atoms with Crippen molar-refractivity contribution in [1.29, 1.82) is 5.41 Å². The lowest BCUT2D eigenvalue weighted by Crippen LogP contribution is -2.20. The van der Waals surface area contributed by atoms with Gasteiger partial charge in [-0.15, -0.1) is 0 Å². The third-order valence-electron chi connectivity index (χ3n) is 3.15. The molecule has 5 nitrogen and oxygen atoms in total. The summed E-state index contributed by atoms with van der Waals surface area (Å²) in [5, 5.41) is 7.04. The van der Waals surface area contributed by atoms with E-state index in [-0.39, 0.29) is 11.5 Å². The average molecular weight is 220 g/mol. The van der Waals surface area contributed by atoms with E-state index in [1.54, 1.807) is 0 Å². The average Bonchev–Trinajstić information content (AvgIpc) is 2.58. The van der Waals surface area contributed by atoms with Gasteiger partial charge in [-0.2, -0.15) is 0 Å². The Bertz CT molecular complexity index is 454. The fourth-order valence-corrected chi connectivity index (χ4v) is 2.27. The summed E-state index contributed by atoms with van der Waals surface area (Å²) in [6.45, 7) is 4.12. The van der Waals surface area contributed by atoms with Gasteiger partial charge < -0.3 is 15.3 Å². The maximum atomic E-state index is 11.6. The van der Waals surface area contributed by atoms with Crippen molar-refractivity contribution in [2.45, 2.75) is 12.8 Å². The van der Waals surface area contributed by atoms with E-state index >= 15 is 0 Å². The molecule has 86 valence electrons. The second-order valence-corrected chi connectivity index (χ2v) is 4.50. The summed E-state index contributed by atoms with van der Waals surface area (Å²) in [5.74, 6) is 1.53. The molecule has 0 aliphatic carbocycles. The molecule has 2 N–H and O–H groups in total. The minimum absolute atomic E-state index is 0.221. The monoisotopic (exact) mass is 220 g/mol. The highest BCUT2D eigenvalue weighted by atomic mass is 16.1. The normalized spacial score (nSPS) is 25.9. The van der Waals surface area contributed by atoms with Crippen LogP contribution in [-0.4, -0.2) is 41.2 Å². The van der Waals surface area contributed by atoms with Crippen LogP contribution in [0.4, 0.5) is 0 Å².